The van der Waals surface area contributed by atoms with E-state index in [0.717, 1.165) is 26.8 Å². The van der Waals surface area contributed by atoms with Gasteiger partial charge in [0.1, 0.15) is 5.75 Å². The van der Waals surface area contributed by atoms with E-state index in [1.54, 1.807) is 32.3 Å². The predicted molar refractivity (Wildman–Crippen MR) is 120 cm³/mol. The Balaban J connectivity index is 1.90. The highest BCUT2D eigenvalue weighted by molar-refractivity contribution is 7.17. The summed E-state index contributed by atoms with van der Waals surface area (Å²) in [5.41, 5.74) is 8.30. The number of hydrogen-bond donors (Lipinski definition) is 1. The van der Waals surface area contributed by atoms with Gasteiger partial charge in [-0.15, -0.1) is 22.7 Å². The maximum atomic E-state index is 12.2. The van der Waals surface area contributed by atoms with Gasteiger partial charge in [-0.1, -0.05) is 0 Å². The Labute approximate surface area is 183 Å². The molecule has 0 radical (unpaired) electrons. The topological polar surface area (TPSA) is 98.4 Å². The third-order valence-electron chi connectivity index (χ3n) is 4.22. The van der Waals surface area contributed by atoms with Crippen molar-refractivity contribution >= 4 is 34.5 Å². The number of carbonyl (C=O) groups is 2. The number of rotatable bonds is 7. The highest BCUT2D eigenvalue weighted by Gasteiger charge is 2.19. The third kappa shape index (κ3) is 4.85. The van der Waals surface area contributed by atoms with Gasteiger partial charge in [-0.25, -0.2) is 9.97 Å². The Morgan fingerprint density at radius 3 is 2.60 bits per heavy atom. The highest BCUT2D eigenvalue weighted by atomic mass is 32.1. The second kappa shape index (κ2) is 8.93. The molecule has 2 amide bonds. The fourth-order valence-corrected chi connectivity index (χ4v) is 4.75. The maximum absolute atomic E-state index is 12.2. The van der Waals surface area contributed by atoms with Crippen molar-refractivity contribution in [2.75, 3.05) is 14.1 Å². The molecule has 0 bridgehead atoms. The van der Waals surface area contributed by atoms with Gasteiger partial charge in [-0.2, -0.15) is 0 Å². The lowest BCUT2D eigenvalue weighted by atomic mass is 10.1. The summed E-state index contributed by atoms with van der Waals surface area (Å²) >= 11 is 2.86. The molecule has 0 unspecified atom stereocenters. The van der Waals surface area contributed by atoms with E-state index >= 15 is 0 Å². The van der Waals surface area contributed by atoms with Crippen molar-refractivity contribution in [3.63, 3.8) is 0 Å². The normalized spacial score (nSPS) is 11.0. The lowest BCUT2D eigenvalue weighted by Gasteiger charge is -2.14. The van der Waals surface area contributed by atoms with Crippen molar-refractivity contribution in [1.82, 2.24) is 14.9 Å². The van der Waals surface area contributed by atoms with Gasteiger partial charge in [0.25, 0.3) is 5.91 Å². The molecule has 3 rings (SSSR count). The number of aryl methyl sites for hydroxylation is 1. The summed E-state index contributed by atoms with van der Waals surface area (Å²) < 4.78 is 5.89. The van der Waals surface area contributed by atoms with Crippen LogP contribution in [-0.2, 0) is 6.42 Å². The molecule has 3 aromatic rings. The molecule has 0 aliphatic heterocycles. The first-order chi connectivity index (χ1) is 14.2. The highest BCUT2D eigenvalue weighted by Crippen LogP contribution is 2.33. The molecule has 0 atom stereocenters. The monoisotopic (exact) mass is 444 g/mol. The van der Waals surface area contributed by atoms with E-state index in [1.807, 2.05) is 26.2 Å². The molecule has 2 heterocycles. The van der Waals surface area contributed by atoms with E-state index in [4.69, 9.17) is 15.5 Å². The average Bonchev–Trinajstić information content (AvgIpc) is 3.28. The number of hydrogen-bond acceptors (Lipinski definition) is 7. The Morgan fingerprint density at radius 2 is 1.97 bits per heavy atom. The van der Waals surface area contributed by atoms with Crippen molar-refractivity contribution in [1.29, 1.82) is 0 Å². The second-order valence-electron chi connectivity index (χ2n) is 7.29. The maximum Gasteiger partial charge on any atom is 0.282 e. The summed E-state index contributed by atoms with van der Waals surface area (Å²) in [6, 6.07) is 5.20. The van der Waals surface area contributed by atoms with Crippen molar-refractivity contribution < 1.29 is 14.3 Å². The molecule has 7 nitrogen and oxygen atoms in total. The van der Waals surface area contributed by atoms with E-state index in [0.29, 0.717) is 22.7 Å². The van der Waals surface area contributed by atoms with Gasteiger partial charge in [0.15, 0.2) is 5.01 Å². The van der Waals surface area contributed by atoms with Crippen LogP contribution in [0.4, 0.5) is 0 Å². The predicted octanol–water partition coefficient (Wildman–Crippen LogP) is 3.75. The lowest BCUT2D eigenvalue weighted by molar-refractivity contribution is 0.0826. The third-order valence-corrected chi connectivity index (χ3v) is 6.24. The Hall–Kier alpha value is -2.78. The zero-order valence-electron chi connectivity index (χ0n) is 17.6. The van der Waals surface area contributed by atoms with E-state index < -0.39 is 5.91 Å². The van der Waals surface area contributed by atoms with Crippen molar-refractivity contribution in [2.45, 2.75) is 33.3 Å². The minimum absolute atomic E-state index is 0.00234. The quantitative estimate of drug-likeness (QED) is 0.598. The molecule has 0 aliphatic rings. The van der Waals surface area contributed by atoms with Crippen LogP contribution in [-0.4, -0.2) is 46.9 Å². The Kier molecular flexibility index (Phi) is 6.52. The Bertz CT molecular complexity index is 1090. The zero-order valence-corrected chi connectivity index (χ0v) is 19.2. The molecule has 0 saturated carbocycles. The summed E-state index contributed by atoms with van der Waals surface area (Å²) in [6.45, 7) is 5.78. The number of benzene rings is 1. The molecule has 0 saturated heterocycles. The molecule has 1 aromatic carbocycles. The van der Waals surface area contributed by atoms with Crippen molar-refractivity contribution in [3.8, 4) is 16.3 Å². The first-order valence-electron chi connectivity index (χ1n) is 9.39. The van der Waals surface area contributed by atoms with Gasteiger partial charge in [-0.05, 0) is 39.0 Å². The fraction of sp³-hybridized carbons (Fsp3) is 0.333. The summed E-state index contributed by atoms with van der Waals surface area (Å²) in [5, 5.41) is 3.28. The SMILES string of the molecule is Cc1nc(C(=O)N(C)C)sc1-c1csc(Cc2cc(C(N)=O)ccc2OC(C)C)n1. The van der Waals surface area contributed by atoms with Crippen LogP contribution < -0.4 is 10.5 Å². The number of ether oxygens (including phenoxy) is 1. The number of primary amides is 1. The fourth-order valence-electron chi connectivity index (χ4n) is 2.82. The molecule has 2 aromatic heterocycles. The van der Waals surface area contributed by atoms with Gasteiger partial charge < -0.3 is 15.4 Å². The van der Waals surface area contributed by atoms with Gasteiger partial charge in [-0.3, -0.25) is 9.59 Å². The number of carbonyl (C=O) groups excluding carboxylic acids is 2. The van der Waals surface area contributed by atoms with Crippen LogP contribution in [0, 0.1) is 6.92 Å². The van der Waals surface area contributed by atoms with Gasteiger partial charge >= 0.3 is 0 Å². The van der Waals surface area contributed by atoms with Gasteiger partial charge in [0.2, 0.25) is 5.91 Å². The molecule has 9 heteroatoms. The molecule has 0 spiro atoms. The Morgan fingerprint density at radius 1 is 1.23 bits per heavy atom. The van der Waals surface area contributed by atoms with Crippen LogP contribution in [0.3, 0.4) is 0 Å². The first kappa shape index (κ1) is 21.9. The number of aromatic nitrogens is 2. The van der Waals surface area contributed by atoms with Gasteiger partial charge in [0, 0.05) is 37.0 Å². The summed E-state index contributed by atoms with van der Waals surface area (Å²) in [7, 11) is 3.41. The smallest absolute Gasteiger partial charge is 0.282 e. The molecule has 0 fully saturated rings. The molecule has 158 valence electrons. The molecular formula is C21H24N4O3S2. The van der Waals surface area contributed by atoms with Crippen LogP contribution in [0.15, 0.2) is 23.6 Å². The molecular weight excluding hydrogens is 420 g/mol. The van der Waals surface area contributed by atoms with Crippen LogP contribution in [0.5, 0.6) is 5.75 Å². The minimum Gasteiger partial charge on any atom is -0.491 e. The van der Waals surface area contributed by atoms with E-state index in [2.05, 4.69) is 4.98 Å². The minimum atomic E-state index is -0.481. The number of nitrogens with two attached hydrogens (primary N) is 1. The number of amides is 2. The van der Waals surface area contributed by atoms with Crippen LogP contribution in [0.2, 0.25) is 0 Å². The number of nitrogens with zero attached hydrogens (tertiary/aromatic N) is 3. The standard InChI is InChI=1S/C21H24N4O3S2/c1-11(2)28-16-7-6-13(19(22)26)8-14(16)9-17-24-15(10-29-17)18-12(3)23-20(30-18)21(27)25(4)5/h6-8,10-11H,9H2,1-5H3,(H2,22,26). The van der Waals surface area contributed by atoms with Gasteiger partial charge in [0.05, 0.1) is 27.4 Å². The summed E-state index contributed by atoms with van der Waals surface area (Å²) in [5.74, 6) is 0.105. The average molecular weight is 445 g/mol. The van der Waals surface area contributed by atoms with E-state index in [1.165, 1.54) is 27.6 Å². The van der Waals surface area contributed by atoms with E-state index in [9.17, 15) is 9.59 Å². The molecule has 2 N–H and O–H groups in total. The molecule has 0 aliphatic carbocycles. The molecule has 30 heavy (non-hydrogen) atoms. The first-order valence-corrected chi connectivity index (χ1v) is 11.1. The largest absolute Gasteiger partial charge is 0.491 e. The second-order valence-corrected chi connectivity index (χ2v) is 9.23. The van der Waals surface area contributed by atoms with Crippen LogP contribution >= 0.6 is 22.7 Å². The van der Waals surface area contributed by atoms with Crippen LogP contribution in [0.25, 0.3) is 10.6 Å². The lowest BCUT2D eigenvalue weighted by Crippen LogP contribution is -2.21. The van der Waals surface area contributed by atoms with Crippen molar-refractivity contribution in [2.24, 2.45) is 5.73 Å². The van der Waals surface area contributed by atoms with Crippen molar-refractivity contribution in [3.05, 3.63) is 50.4 Å². The summed E-state index contributed by atoms with van der Waals surface area (Å²) in [4.78, 5) is 35.3. The van der Waals surface area contributed by atoms with Crippen LogP contribution in [0.1, 0.15) is 50.3 Å². The number of thiazole rings is 2. The van der Waals surface area contributed by atoms with E-state index in [-0.39, 0.29) is 12.0 Å². The zero-order chi connectivity index (χ0) is 22.0. The summed E-state index contributed by atoms with van der Waals surface area (Å²) in [6.07, 6.45) is 0.511.